The summed E-state index contributed by atoms with van der Waals surface area (Å²) in [5, 5.41) is 0.358. The number of thiol groups is 1. The van der Waals surface area contributed by atoms with Gasteiger partial charge in [0, 0.05) is 18.2 Å². The highest BCUT2D eigenvalue weighted by Crippen LogP contribution is 2.27. The molecular formula is C9H9BrClN3OS. The molecule has 1 aromatic rings. The van der Waals surface area contributed by atoms with E-state index in [-0.39, 0.29) is 11.2 Å². The summed E-state index contributed by atoms with van der Waals surface area (Å²) in [5.74, 6) is 0.338. The second kappa shape index (κ2) is 4.50. The fourth-order valence-electron chi connectivity index (χ4n) is 1.51. The zero-order valence-electron chi connectivity index (χ0n) is 8.44. The minimum atomic E-state index is -0.0159. The van der Waals surface area contributed by atoms with E-state index in [0.29, 0.717) is 34.2 Å². The van der Waals surface area contributed by atoms with Crippen LogP contribution >= 0.6 is 40.2 Å². The Hall–Kier alpha value is -0.330. The molecular weight excluding hydrogens is 314 g/mol. The summed E-state index contributed by atoms with van der Waals surface area (Å²) in [4.78, 5) is 21.5. The fraction of sp³-hybridized carbons (Fsp3) is 0.444. The molecule has 16 heavy (non-hydrogen) atoms. The quantitative estimate of drug-likeness (QED) is 0.637. The van der Waals surface area contributed by atoms with Gasteiger partial charge in [0.15, 0.2) is 0 Å². The summed E-state index contributed by atoms with van der Waals surface area (Å²) in [6.45, 7) is 2.33. The van der Waals surface area contributed by atoms with Crippen molar-refractivity contribution >= 4 is 52.0 Å². The van der Waals surface area contributed by atoms with Gasteiger partial charge in [-0.2, -0.15) is 17.6 Å². The summed E-state index contributed by atoms with van der Waals surface area (Å²) in [7, 11) is 0. The first-order valence-electron chi connectivity index (χ1n) is 4.67. The SMILES string of the molecule is Cc1nc(N2CC(S)CC2=O)nc(Cl)c1Br. The largest absolute Gasteiger partial charge is 0.279 e. The number of nitrogens with zero attached hydrogens (tertiary/aromatic N) is 3. The number of aryl methyl sites for hydroxylation is 1. The van der Waals surface area contributed by atoms with Gasteiger partial charge in [0.2, 0.25) is 11.9 Å². The number of carbonyl (C=O) groups excluding carboxylic acids is 1. The molecule has 2 rings (SSSR count). The van der Waals surface area contributed by atoms with E-state index in [4.69, 9.17) is 11.6 Å². The number of carbonyl (C=O) groups is 1. The lowest BCUT2D eigenvalue weighted by Crippen LogP contribution is -2.27. The fourth-order valence-corrected chi connectivity index (χ4v) is 2.22. The third-order valence-electron chi connectivity index (χ3n) is 2.31. The maximum atomic E-state index is 11.6. The van der Waals surface area contributed by atoms with E-state index in [9.17, 15) is 4.79 Å². The lowest BCUT2D eigenvalue weighted by molar-refractivity contribution is -0.117. The molecule has 7 heteroatoms. The number of hydrogen-bond acceptors (Lipinski definition) is 4. The standard InChI is InChI=1S/C9H9BrClN3OS/c1-4-7(10)8(11)13-9(12-4)14-3-5(16)2-6(14)15/h5,16H,2-3H2,1H3. The van der Waals surface area contributed by atoms with Crippen LogP contribution in [0.25, 0.3) is 0 Å². The van der Waals surface area contributed by atoms with Gasteiger partial charge in [0.25, 0.3) is 0 Å². The molecule has 0 N–H and O–H groups in total. The zero-order valence-corrected chi connectivity index (χ0v) is 11.7. The van der Waals surface area contributed by atoms with E-state index in [1.165, 1.54) is 4.90 Å². The monoisotopic (exact) mass is 321 g/mol. The lowest BCUT2D eigenvalue weighted by atomic mass is 10.4. The average Bonchev–Trinajstić information content (AvgIpc) is 2.53. The van der Waals surface area contributed by atoms with Crippen molar-refractivity contribution in [1.29, 1.82) is 0 Å². The normalized spacial score (nSPS) is 20.6. The van der Waals surface area contributed by atoms with Gasteiger partial charge in [-0.15, -0.1) is 0 Å². The Morgan fingerprint density at radius 1 is 1.56 bits per heavy atom. The maximum absolute atomic E-state index is 11.6. The second-order valence-electron chi connectivity index (χ2n) is 3.58. The van der Waals surface area contributed by atoms with Crippen LogP contribution in [0.2, 0.25) is 5.15 Å². The lowest BCUT2D eigenvalue weighted by Gasteiger charge is -2.14. The van der Waals surface area contributed by atoms with E-state index in [1.807, 2.05) is 0 Å². The van der Waals surface area contributed by atoms with E-state index < -0.39 is 0 Å². The third-order valence-corrected chi connectivity index (χ3v) is 4.11. The molecule has 1 amide bonds. The van der Waals surface area contributed by atoms with Crippen LogP contribution in [0.15, 0.2) is 4.47 Å². The number of anilines is 1. The van der Waals surface area contributed by atoms with Gasteiger partial charge in [-0.1, -0.05) is 11.6 Å². The Morgan fingerprint density at radius 2 is 2.25 bits per heavy atom. The first-order chi connectivity index (χ1) is 7.49. The van der Waals surface area contributed by atoms with Crippen molar-refractivity contribution in [2.75, 3.05) is 11.4 Å². The number of halogens is 2. The summed E-state index contributed by atoms with van der Waals surface area (Å²) >= 11 is 13.5. The van der Waals surface area contributed by atoms with Crippen molar-refractivity contribution < 1.29 is 4.79 Å². The molecule has 0 spiro atoms. The van der Waals surface area contributed by atoms with Crippen molar-refractivity contribution in [1.82, 2.24) is 9.97 Å². The Labute approximate surface area is 112 Å². The topological polar surface area (TPSA) is 46.1 Å². The van der Waals surface area contributed by atoms with Gasteiger partial charge in [0.05, 0.1) is 10.2 Å². The summed E-state index contributed by atoms with van der Waals surface area (Å²) in [6.07, 6.45) is 0.416. The van der Waals surface area contributed by atoms with Crippen molar-refractivity contribution in [2.24, 2.45) is 0 Å². The van der Waals surface area contributed by atoms with E-state index in [2.05, 4.69) is 38.5 Å². The second-order valence-corrected chi connectivity index (χ2v) is 5.46. The van der Waals surface area contributed by atoms with Crippen molar-refractivity contribution in [2.45, 2.75) is 18.6 Å². The Morgan fingerprint density at radius 3 is 2.75 bits per heavy atom. The van der Waals surface area contributed by atoms with Crippen LogP contribution in [0, 0.1) is 6.92 Å². The molecule has 1 fully saturated rings. The number of amides is 1. The molecule has 0 saturated carbocycles. The van der Waals surface area contributed by atoms with Gasteiger partial charge in [-0.3, -0.25) is 9.69 Å². The number of hydrogen-bond donors (Lipinski definition) is 1. The highest BCUT2D eigenvalue weighted by atomic mass is 79.9. The van der Waals surface area contributed by atoms with Crippen LogP contribution in [0.4, 0.5) is 5.95 Å². The number of rotatable bonds is 1. The minimum Gasteiger partial charge on any atom is -0.279 e. The molecule has 1 unspecified atom stereocenters. The third kappa shape index (κ3) is 2.19. The van der Waals surface area contributed by atoms with Crippen LogP contribution in [0.3, 0.4) is 0 Å². The van der Waals surface area contributed by atoms with E-state index in [1.54, 1.807) is 6.92 Å². The summed E-state index contributed by atoms with van der Waals surface area (Å²) < 4.78 is 0.659. The average molecular weight is 323 g/mol. The highest BCUT2D eigenvalue weighted by molar-refractivity contribution is 9.10. The van der Waals surface area contributed by atoms with Crippen molar-refractivity contribution in [3.8, 4) is 0 Å². The molecule has 1 aliphatic heterocycles. The van der Waals surface area contributed by atoms with Gasteiger partial charge >= 0.3 is 0 Å². The van der Waals surface area contributed by atoms with E-state index >= 15 is 0 Å². The van der Waals surface area contributed by atoms with Gasteiger partial charge in [-0.05, 0) is 22.9 Å². The predicted octanol–water partition coefficient (Wildman–Crippen LogP) is 2.24. The van der Waals surface area contributed by atoms with Gasteiger partial charge < -0.3 is 0 Å². The molecule has 0 bridgehead atoms. The molecule has 4 nitrogen and oxygen atoms in total. The molecule has 0 radical (unpaired) electrons. The molecule has 1 saturated heterocycles. The first kappa shape index (κ1) is 12.1. The molecule has 1 aliphatic rings. The Bertz CT molecular complexity index is 433. The molecule has 1 aromatic heterocycles. The maximum Gasteiger partial charge on any atom is 0.233 e. The highest BCUT2D eigenvalue weighted by Gasteiger charge is 2.30. The molecule has 1 atom stereocenters. The summed E-state index contributed by atoms with van der Waals surface area (Å²) in [6, 6.07) is 0. The van der Waals surface area contributed by atoms with Crippen LogP contribution < -0.4 is 4.90 Å². The molecule has 0 aliphatic carbocycles. The molecule has 86 valence electrons. The Balaban J connectivity index is 2.38. The predicted molar refractivity (Wildman–Crippen MR) is 69.2 cm³/mol. The zero-order chi connectivity index (χ0) is 11.9. The van der Waals surface area contributed by atoms with Gasteiger partial charge in [0.1, 0.15) is 5.15 Å². The van der Waals surface area contributed by atoms with Crippen molar-refractivity contribution in [3.63, 3.8) is 0 Å². The van der Waals surface area contributed by atoms with Crippen LogP contribution in [-0.2, 0) is 4.79 Å². The van der Waals surface area contributed by atoms with Crippen LogP contribution in [0.1, 0.15) is 12.1 Å². The van der Waals surface area contributed by atoms with Crippen LogP contribution in [0.5, 0.6) is 0 Å². The smallest absolute Gasteiger partial charge is 0.233 e. The van der Waals surface area contributed by atoms with E-state index in [0.717, 1.165) is 0 Å². The van der Waals surface area contributed by atoms with Crippen molar-refractivity contribution in [3.05, 3.63) is 15.3 Å². The van der Waals surface area contributed by atoms with Gasteiger partial charge in [-0.25, -0.2) is 4.98 Å². The molecule has 2 heterocycles. The molecule has 0 aromatic carbocycles. The summed E-state index contributed by atoms with van der Waals surface area (Å²) in [5.41, 5.74) is 0.713. The number of aromatic nitrogens is 2. The first-order valence-corrected chi connectivity index (χ1v) is 6.36. The Kier molecular flexibility index (Phi) is 3.42. The minimum absolute atomic E-state index is 0.0159. The van der Waals surface area contributed by atoms with Crippen LogP contribution in [-0.4, -0.2) is 27.7 Å².